The number of hydrogen-bond donors (Lipinski definition) is 1. The molecule has 0 rings (SSSR count). The van der Waals surface area contributed by atoms with E-state index in [9.17, 15) is 14.7 Å². The summed E-state index contributed by atoms with van der Waals surface area (Å²) in [5.74, 6) is -0.393. The number of allylic oxidation sites excluding steroid dienone is 4. The Bertz CT molecular complexity index is 426. The number of ketones is 1. The van der Waals surface area contributed by atoms with Crippen molar-refractivity contribution in [2.75, 3.05) is 0 Å². The standard InChI is InChI=1S/C23H40O4/c1-3-4-5-6-7-8-9-10-11-12-13-14-15-16-17-18-22(25)19-20-23(26)27-21(2)24/h7-8,10-11,23,26H,3-6,9,12-20H2,1-2H3. The van der Waals surface area contributed by atoms with E-state index in [0.29, 0.717) is 6.42 Å². The van der Waals surface area contributed by atoms with Crippen LogP contribution >= 0.6 is 0 Å². The van der Waals surface area contributed by atoms with E-state index in [1.54, 1.807) is 0 Å². The van der Waals surface area contributed by atoms with Crippen LogP contribution in [0.4, 0.5) is 0 Å². The summed E-state index contributed by atoms with van der Waals surface area (Å²) in [6.45, 7) is 3.47. The summed E-state index contributed by atoms with van der Waals surface area (Å²) in [5.41, 5.74) is 0. The maximum atomic E-state index is 11.7. The van der Waals surface area contributed by atoms with E-state index in [-0.39, 0.29) is 18.6 Å². The van der Waals surface area contributed by atoms with Crippen molar-refractivity contribution in [3.63, 3.8) is 0 Å². The number of hydrogen-bond acceptors (Lipinski definition) is 4. The molecular weight excluding hydrogens is 340 g/mol. The zero-order valence-corrected chi connectivity index (χ0v) is 17.5. The summed E-state index contributed by atoms with van der Waals surface area (Å²) < 4.78 is 4.59. The maximum absolute atomic E-state index is 11.7. The molecule has 0 fully saturated rings. The molecule has 0 heterocycles. The van der Waals surface area contributed by atoms with Crippen molar-refractivity contribution >= 4 is 11.8 Å². The molecule has 0 radical (unpaired) electrons. The number of Topliss-reactive ketones (excluding diaryl/α,β-unsaturated/α-hetero) is 1. The first-order chi connectivity index (χ1) is 13.1. The topological polar surface area (TPSA) is 63.6 Å². The molecule has 0 aromatic heterocycles. The molecular formula is C23H40O4. The van der Waals surface area contributed by atoms with Crippen LogP contribution in [0.15, 0.2) is 24.3 Å². The highest BCUT2D eigenvalue weighted by molar-refractivity contribution is 5.78. The summed E-state index contributed by atoms with van der Waals surface area (Å²) >= 11 is 0. The Kier molecular flexibility index (Phi) is 18.3. The van der Waals surface area contributed by atoms with Gasteiger partial charge in [0.2, 0.25) is 6.29 Å². The molecule has 0 aromatic carbocycles. The molecule has 0 saturated carbocycles. The normalized spacial score (nSPS) is 12.7. The van der Waals surface area contributed by atoms with Gasteiger partial charge in [-0.3, -0.25) is 9.59 Å². The van der Waals surface area contributed by atoms with Crippen LogP contribution in [0.2, 0.25) is 0 Å². The first-order valence-electron chi connectivity index (χ1n) is 10.7. The Morgan fingerprint density at radius 2 is 1.44 bits per heavy atom. The molecule has 0 amide bonds. The smallest absolute Gasteiger partial charge is 0.304 e. The number of esters is 1. The predicted molar refractivity (Wildman–Crippen MR) is 111 cm³/mol. The van der Waals surface area contributed by atoms with Gasteiger partial charge in [0.15, 0.2) is 0 Å². The van der Waals surface area contributed by atoms with E-state index in [2.05, 4.69) is 36.0 Å². The molecule has 1 unspecified atom stereocenters. The second kappa shape index (κ2) is 19.3. The van der Waals surface area contributed by atoms with Crippen LogP contribution in [0, 0.1) is 0 Å². The van der Waals surface area contributed by atoms with Crippen molar-refractivity contribution in [3.8, 4) is 0 Å². The number of unbranched alkanes of at least 4 members (excludes halogenated alkanes) is 8. The van der Waals surface area contributed by atoms with Crippen LogP contribution < -0.4 is 0 Å². The first kappa shape index (κ1) is 25.6. The number of aliphatic hydroxyl groups excluding tert-OH is 1. The van der Waals surface area contributed by atoms with Gasteiger partial charge in [0.1, 0.15) is 5.78 Å². The molecule has 0 saturated heterocycles. The number of rotatable bonds is 18. The molecule has 0 aliphatic heterocycles. The zero-order valence-electron chi connectivity index (χ0n) is 17.5. The highest BCUT2D eigenvalue weighted by Gasteiger charge is 2.10. The van der Waals surface area contributed by atoms with Gasteiger partial charge < -0.3 is 9.84 Å². The van der Waals surface area contributed by atoms with Crippen molar-refractivity contribution in [3.05, 3.63) is 24.3 Å². The van der Waals surface area contributed by atoms with Gasteiger partial charge >= 0.3 is 5.97 Å². The SMILES string of the molecule is CCCCCC=CCC=CCCCCCCCC(=O)CCC(O)OC(C)=O. The Hall–Kier alpha value is -1.42. The fraction of sp³-hybridized carbons (Fsp3) is 0.739. The van der Waals surface area contributed by atoms with Gasteiger partial charge in [0.05, 0.1) is 0 Å². The molecule has 0 aliphatic rings. The molecule has 0 aromatic rings. The third-order valence-electron chi connectivity index (χ3n) is 4.38. The van der Waals surface area contributed by atoms with E-state index in [1.807, 2.05) is 0 Å². The molecule has 4 nitrogen and oxygen atoms in total. The summed E-state index contributed by atoms with van der Waals surface area (Å²) in [6, 6.07) is 0. The second-order valence-corrected chi connectivity index (χ2v) is 7.12. The van der Waals surface area contributed by atoms with Crippen LogP contribution in [0.1, 0.15) is 104 Å². The minimum Gasteiger partial charge on any atom is -0.436 e. The molecule has 1 atom stereocenters. The fourth-order valence-corrected chi connectivity index (χ4v) is 2.79. The third kappa shape index (κ3) is 20.7. The van der Waals surface area contributed by atoms with Gasteiger partial charge in [-0.15, -0.1) is 0 Å². The fourth-order valence-electron chi connectivity index (χ4n) is 2.79. The molecule has 0 bridgehead atoms. The quantitative estimate of drug-likeness (QED) is 0.136. The molecule has 1 N–H and O–H groups in total. The summed E-state index contributed by atoms with van der Waals surface area (Å²) in [5, 5.41) is 9.37. The Labute approximate surface area is 166 Å². The van der Waals surface area contributed by atoms with Crippen LogP contribution in [0.5, 0.6) is 0 Å². The highest BCUT2D eigenvalue weighted by Crippen LogP contribution is 2.10. The lowest BCUT2D eigenvalue weighted by molar-refractivity contribution is -0.166. The second-order valence-electron chi connectivity index (χ2n) is 7.12. The van der Waals surface area contributed by atoms with Crippen LogP contribution in [0.3, 0.4) is 0 Å². The zero-order chi connectivity index (χ0) is 20.2. The number of carbonyl (C=O) groups excluding carboxylic acids is 2. The third-order valence-corrected chi connectivity index (χ3v) is 4.38. The molecule has 156 valence electrons. The van der Waals surface area contributed by atoms with E-state index >= 15 is 0 Å². The summed E-state index contributed by atoms with van der Waals surface area (Å²) in [7, 11) is 0. The van der Waals surface area contributed by atoms with Crippen LogP contribution in [-0.4, -0.2) is 23.1 Å². The summed E-state index contributed by atoms with van der Waals surface area (Å²) in [6.07, 6.45) is 21.8. The number of ether oxygens (including phenoxy) is 1. The van der Waals surface area contributed by atoms with Crippen molar-refractivity contribution in [1.82, 2.24) is 0 Å². The Morgan fingerprint density at radius 1 is 0.852 bits per heavy atom. The minimum absolute atomic E-state index is 0.131. The van der Waals surface area contributed by atoms with Gasteiger partial charge in [-0.2, -0.15) is 0 Å². The van der Waals surface area contributed by atoms with Crippen LogP contribution in [0.25, 0.3) is 0 Å². The van der Waals surface area contributed by atoms with Crippen LogP contribution in [-0.2, 0) is 14.3 Å². The number of carbonyl (C=O) groups is 2. The molecule has 0 aliphatic carbocycles. The van der Waals surface area contributed by atoms with Gasteiger partial charge in [-0.25, -0.2) is 0 Å². The highest BCUT2D eigenvalue weighted by atomic mass is 16.6. The molecule has 0 spiro atoms. The lowest BCUT2D eigenvalue weighted by atomic mass is 10.1. The lowest BCUT2D eigenvalue weighted by Crippen LogP contribution is -2.16. The van der Waals surface area contributed by atoms with Crippen molar-refractivity contribution in [2.24, 2.45) is 0 Å². The number of aliphatic hydroxyl groups is 1. The maximum Gasteiger partial charge on any atom is 0.304 e. The monoisotopic (exact) mass is 380 g/mol. The van der Waals surface area contributed by atoms with Gasteiger partial charge in [-0.1, -0.05) is 63.3 Å². The Morgan fingerprint density at radius 3 is 2.07 bits per heavy atom. The summed E-state index contributed by atoms with van der Waals surface area (Å²) in [4.78, 5) is 22.4. The average Bonchev–Trinajstić information content (AvgIpc) is 2.62. The van der Waals surface area contributed by atoms with Crippen molar-refractivity contribution in [1.29, 1.82) is 0 Å². The molecule has 27 heavy (non-hydrogen) atoms. The van der Waals surface area contributed by atoms with E-state index in [1.165, 1.54) is 45.4 Å². The lowest BCUT2D eigenvalue weighted by Gasteiger charge is -2.09. The van der Waals surface area contributed by atoms with E-state index in [0.717, 1.165) is 32.1 Å². The first-order valence-corrected chi connectivity index (χ1v) is 10.7. The average molecular weight is 381 g/mol. The van der Waals surface area contributed by atoms with E-state index < -0.39 is 12.3 Å². The predicted octanol–water partition coefficient (Wildman–Crippen LogP) is 6.03. The van der Waals surface area contributed by atoms with Gasteiger partial charge in [0, 0.05) is 26.2 Å². The van der Waals surface area contributed by atoms with Gasteiger partial charge in [-0.05, 0) is 38.5 Å². The largest absolute Gasteiger partial charge is 0.436 e. The van der Waals surface area contributed by atoms with Gasteiger partial charge in [0.25, 0.3) is 0 Å². The van der Waals surface area contributed by atoms with E-state index in [4.69, 9.17) is 0 Å². The minimum atomic E-state index is -1.16. The molecule has 4 heteroatoms. The van der Waals surface area contributed by atoms with Crippen molar-refractivity contribution in [2.45, 2.75) is 110 Å². The Balaban J connectivity index is 3.38. The van der Waals surface area contributed by atoms with Crippen molar-refractivity contribution < 1.29 is 19.4 Å².